The van der Waals surface area contributed by atoms with E-state index in [0.717, 1.165) is 42.8 Å². The Kier molecular flexibility index (Phi) is 21.3. The van der Waals surface area contributed by atoms with Crippen molar-refractivity contribution in [2.75, 3.05) is 106 Å². The third-order valence-corrected chi connectivity index (χ3v) is 11.8. The van der Waals surface area contributed by atoms with Gasteiger partial charge in [0, 0.05) is 41.6 Å². The molecule has 15 nitrogen and oxygen atoms in total. The number of nitrogens with one attached hydrogen (secondary N) is 1. The number of nitrogens with zero attached hydrogens (tertiary/aromatic N) is 5. The van der Waals surface area contributed by atoms with Crippen molar-refractivity contribution in [3.63, 3.8) is 0 Å². The molecule has 1 saturated heterocycles. The maximum absolute atomic E-state index is 13.5. The van der Waals surface area contributed by atoms with Crippen LogP contribution in [0.1, 0.15) is 58.4 Å². The van der Waals surface area contributed by atoms with Gasteiger partial charge in [0.2, 0.25) is 0 Å². The molecule has 2 aliphatic rings. The van der Waals surface area contributed by atoms with Gasteiger partial charge in [-0.05, 0) is 63.6 Å². The van der Waals surface area contributed by atoms with Crippen LogP contribution in [0.4, 0.5) is 0 Å². The molecule has 0 radical (unpaired) electrons. The molecule has 2 atom stereocenters. The topological polar surface area (TPSA) is 150 Å². The van der Waals surface area contributed by atoms with Crippen LogP contribution < -0.4 is 5.32 Å². The Bertz CT molecular complexity index is 1560. The molecule has 5 rings (SSSR count). The molecule has 324 valence electrons. The molecule has 1 aromatic carbocycles. The van der Waals surface area contributed by atoms with Crippen LogP contribution in [0.5, 0.6) is 0 Å². The van der Waals surface area contributed by atoms with Crippen LogP contribution >= 0.6 is 22.9 Å². The number of carbonyl (C=O) groups is 1. The van der Waals surface area contributed by atoms with Crippen molar-refractivity contribution in [3.05, 3.63) is 62.3 Å². The van der Waals surface area contributed by atoms with Gasteiger partial charge >= 0.3 is 0 Å². The lowest BCUT2D eigenvalue weighted by Gasteiger charge is -2.45. The summed E-state index contributed by atoms with van der Waals surface area (Å²) in [5.74, 6) is 0.373. The van der Waals surface area contributed by atoms with Gasteiger partial charge in [-0.1, -0.05) is 28.9 Å². The summed E-state index contributed by atoms with van der Waals surface area (Å²) in [5, 5.41) is 13.5. The highest BCUT2D eigenvalue weighted by molar-refractivity contribution is 7.11. The number of hydrogen-bond donors (Lipinski definition) is 1. The Hall–Kier alpha value is -2.61. The summed E-state index contributed by atoms with van der Waals surface area (Å²) >= 11 is 8.02. The summed E-state index contributed by atoms with van der Waals surface area (Å²) in [6.07, 6.45) is 6.46. The standard InChI is InChI=1S/C41H63ClN6O9S/c1-31-32(2)58-41(44-31)34-6-10-37(11-7-34)48-29-39(57-30-38(48)26-33-4-8-35(42)9-5-33)40(49)43-27-36-28-47(46-45-36)12-13-51-16-17-53-20-21-55-24-25-56-23-22-54-19-18-52-15-14-50-3/h4-5,8-9,28,34,37-39H,6-7,10-27,29-30H2,1-3H3,(H,43,49)/t34?,37?,38-,39+/m0/s1. The monoisotopic (exact) mass is 850 g/mol. The van der Waals surface area contributed by atoms with Crippen molar-refractivity contribution in [1.29, 1.82) is 0 Å². The van der Waals surface area contributed by atoms with Gasteiger partial charge in [-0.15, -0.1) is 16.4 Å². The van der Waals surface area contributed by atoms with Crippen LogP contribution in [0.15, 0.2) is 30.5 Å². The molecule has 1 amide bonds. The molecule has 0 unspecified atom stereocenters. The van der Waals surface area contributed by atoms with Gasteiger partial charge < -0.3 is 43.2 Å². The number of ether oxygens (including phenoxy) is 8. The van der Waals surface area contributed by atoms with Crippen molar-refractivity contribution in [2.24, 2.45) is 0 Å². The van der Waals surface area contributed by atoms with Crippen LogP contribution in [0.2, 0.25) is 5.02 Å². The Balaban J connectivity index is 0.924. The molecule has 2 fully saturated rings. The summed E-state index contributed by atoms with van der Waals surface area (Å²) in [7, 11) is 1.65. The van der Waals surface area contributed by atoms with E-state index in [1.54, 1.807) is 11.8 Å². The number of thiazole rings is 1. The highest BCUT2D eigenvalue weighted by Crippen LogP contribution is 2.38. The molecule has 2 aromatic heterocycles. The van der Waals surface area contributed by atoms with E-state index in [1.807, 2.05) is 29.7 Å². The fraction of sp³-hybridized carbons (Fsp3) is 0.707. The van der Waals surface area contributed by atoms with Crippen molar-refractivity contribution >= 4 is 28.8 Å². The number of rotatable bonds is 28. The number of amides is 1. The second kappa shape index (κ2) is 26.6. The lowest BCUT2D eigenvalue weighted by atomic mass is 9.84. The molecule has 1 aliphatic heterocycles. The smallest absolute Gasteiger partial charge is 0.250 e. The highest BCUT2D eigenvalue weighted by atomic mass is 35.5. The quantitative estimate of drug-likeness (QED) is 0.103. The molecular formula is C41H63ClN6O9S. The van der Waals surface area contributed by atoms with Crippen molar-refractivity contribution in [3.8, 4) is 0 Å². The maximum atomic E-state index is 13.5. The summed E-state index contributed by atoms with van der Waals surface area (Å²) in [5.41, 5.74) is 3.03. The SMILES string of the molecule is COCCOCCOCCOCCOCCOCCOCCn1cc(CNC(=O)[C@H]2CN(C3CCC(c4nc(C)c(C)s4)CC3)[C@@H](Cc3ccc(Cl)cc3)CO2)nn1. The minimum Gasteiger partial charge on any atom is -0.382 e. The molecule has 1 saturated carbocycles. The van der Waals surface area contributed by atoms with E-state index in [0.29, 0.717) is 123 Å². The molecule has 0 spiro atoms. The van der Waals surface area contributed by atoms with Gasteiger partial charge in [-0.3, -0.25) is 9.69 Å². The average Bonchev–Trinajstić information content (AvgIpc) is 3.84. The summed E-state index contributed by atoms with van der Waals surface area (Å²) in [6.45, 7) is 12.7. The van der Waals surface area contributed by atoms with Crippen molar-refractivity contribution in [1.82, 2.24) is 30.2 Å². The fourth-order valence-corrected chi connectivity index (χ4v) is 8.26. The molecule has 3 heterocycles. The summed E-state index contributed by atoms with van der Waals surface area (Å²) in [4.78, 5) is 22.2. The van der Waals surface area contributed by atoms with Gasteiger partial charge in [0.1, 0.15) is 11.8 Å². The molecule has 1 aliphatic carbocycles. The van der Waals surface area contributed by atoms with E-state index < -0.39 is 6.10 Å². The number of aryl methyl sites for hydroxylation is 2. The zero-order chi connectivity index (χ0) is 40.8. The number of methoxy groups -OCH3 is 1. The Labute approximate surface area is 352 Å². The van der Waals surface area contributed by atoms with E-state index in [-0.39, 0.29) is 18.5 Å². The summed E-state index contributed by atoms with van der Waals surface area (Å²) < 4.78 is 45.9. The molecular weight excluding hydrogens is 788 g/mol. The van der Waals surface area contributed by atoms with Gasteiger partial charge in [-0.2, -0.15) is 0 Å². The van der Waals surface area contributed by atoms with E-state index in [2.05, 4.69) is 46.5 Å². The Morgan fingerprint density at radius 1 is 0.845 bits per heavy atom. The van der Waals surface area contributed by atoms with Gasteiger partial charge in [0.25, 0.3) is 5.91 Å². The molecule has 1 N–H and O–H groups in total. The highest BCUT2D eigenvalue weighted by Gasteiger charge is 2.38. The summed E-state index contributed by atoms with van der Waals surface area (Å²) in [6, 6.07) is 8.60. The van der Waals surface area contributed by atoms with Gasteiger partial charge in [0.15, 0.2) is 0 Å². The first kappa shape index (κ1) is 46.5. The fourth-order valence-electron chi connectivity index (χ4n) is 7.04. The van der Waals surface area contributed by atoms with Crippen molar-refractivity contribution < 1.29 is 42.7 Å². The first-order valence-corrected chi connectivity index (χ1v) is 21.8. The van der Waals surface area contributed by atoms with Crippen LogP contribution in [-0.4, -0.2) is 155 Å². The second-order valence-corrected chi connectivity index (χ2v) is 16.2. The van der Waals surface area contributed by atoms with Crippen LogP contribution in [-0.2, 0) is 62.2 Å². The minimum atomic E-state index is -0.562. The number of hydrogen-bond acceptors (Lipinski definition) is 14. The molecule has 17 heteroatoms. The number of benzene rings is 1. The Morgan fingerprint density at radius 2 is 1.43 bits per heavy atom. The van der Waals surface area contributed by atoms with Gasteiger partial charge in [0.05, 0.1) is 122 Å². The zero-order valence-electron chi connectivity index (χ0n) is 34.4. The number of aromatic nitrogens is 4. The van der Waals surface area contributed by atoms with E-state index in [9.17, 15) is 4.79 Å². The van der Waals surface area contributed by atoms with E-state index in [4.69, 9.17) is 54.5 Å². The predicted octanol–water partition coefficient (Wildman–Crippen LogP) is 4.41. The van der Waals surface area contributed by atoms with E-state index >= 15 is 0 Å². The average molecular weight is 852 g/mol. The maximum Gasteiger partial charge on any atom is 0.250 e. The molecule has 3 aromatic rings. The second-order valence-electron chi connectivity index (χ2n) is 14.6. The normalized spacial score (nSPS) is 20.1. The predicted molar refractivity (Wildman–Crippen MR) is 221 cm³/mol. The Morgan fingerprint density at radius 3 is 2.00 bits per heavy atom. The largest absolute Gasteiger partial charge is 0.382 e. The third-order valence-electron chi connectivity index (χ3n) is 10.4. The molecule has 0 bridgehead atoms. The third kappa shape index (κ3) is 16.4. The van der Waals surface area contributed by atoms with Gasteiger partial charge in [-0.25, -0.2) is 9.67 Å². The number of morpholine rings is 1. The van der Waals surface area contributed by atoms with Crippen LogP contribution in [0.25, 0.3) is 0 Å². The molecule has 58 heavy (non-hydrogen) atoms. The first-order valence-electron chi connectivity index (χ1n) is 20.6. The van der Waals surface area contributed by atoms with Crippen LogP contribution in [0, 0.1) is 13.8 Å². The lowest BCUT2D eigenvalue weighted by Crippen LogP contribution is -2.58. The first-order chi connectivity index (χ1) is 28.4. The van der Waals surface area contributed by atoms with Crippen molar-refractivity contribution in [2.45, 2.75) is 83.1 Å². The van der Waals surface area contributed by atoms with Crippen LogP contribution in [0.3, 0.4) is 0 Å². The minimum absolute atomic E-state index is 0.133. The van der Waals surface area contributed by atoms with E-state index in [1.165, 1.54) is 15.4 Å². The number of halogens is 1. The zero-order valence-corrected chi connectivity index (χ0v) is 36.0. The lowest BCUT2D eigenvalue weighted by molar-refractivity contribution is -0.145. The number of carbonyl (C=O) groups excluding carboxylic acids is 1.